The molecule has 0 aliphatic heterocycles. The van der Waals surface area contributed by atoms with Crippen molar-refractivity contribution in [1.29, 1.82) is 0 Å². The average Bonchev–Trinajstić information content (AvgIpc) is 2.51. The van der Waals surface area contributed by atoms with Crippen molar-refractivity contribution in [3.63, 3.8) is 0 Å². The topological polar surface area (TPSA) is 64.1 Å². The van der Waals surface area contributed by atoms with Crippen LogP contribution >= 0.6 is 0 Å². The fourth-order valence-electron chi connectivity index (χ4n) is 1.08. The molecule has 0 atom stereocenters. The van der Waals surface area contributed by atoms with Crippen molar-refractivity contribution in [2.75, 3.05) is 12.0 Å². The molecular formula is C8H9N3O. The third-order valence-corrected chi connectivity index (χ3v) is 1.64. The summed E-state index contributed by atoms with van der Waals surface area (Å²) in [6.45, 7) is 0.416. The van der Waals surface area contributed by atoms with E-state index >= 15 is 0 Å². The number of benzene rings is 1. The van der Waals surface area contributed by atoms with E-state index in [-0.39, 0.29) is 0 Å². The van der Waals surface area contributed by atoms with Gasteiger partial charge >= 0.3 is 0 Å². The van der Waals surface area contributed by atoms with E-state index in [0.29, 0.717) is 6.67 Å². The summed E-state index contributed by atoms with van der Waals surface area (Å²) in [7, 11) is 0. The normalized spacial score (nSPS) is 10.4. The Bertz CT molecular complexity index is 382. The molecule has 1 aromatic carbocycles. The number of nitrogens with zero attached hydrogens (tertiary/aromatic N) is 1. The van der Waals surface area contributed by atoms with Crippen LogP contribution in [0.15, 0.2) is 29.0 Å². The Labute approximate surface area is 69.4 Å². The Morgan fingerprint density at radius 2 is 2.42 bits per heavy atom. The molecule has 2 aromatic rings. The molecule has 1 aromatic heterocycles. The summed E-state index contributed by atoms with van der Waals surface area (Å²) in [5.41, 5.74) is 7.90. The summed E-state index contributed by atoms with van der Waals surface area (Å²) in [5.74, 6) is 0. The highest BCUT2D eigenvalue weighted by Gasteiger charge is 1.97. The standard InChI is InChI=1S/C8H9N3O/c9-4-10-6-1-2-7-8(3-6)12-5-11-7/h1-3,5,10H,4,9H2. The smallest absolute Gasteiger partial charge is 0.181 e. The minimum atomic E-state index is 0.416. The van der Waals surface area contributed by atoms with Crippen LogP contribution in [0.1, 0.15) is 0 Å². The first-order chi connectivity index (χ1) is 5.90. The lowest BCUT2D eigenvalue weighted by atomic mass is 10.3. The molecule has 4 nitrogen and oxygen atoms in total. The fraction of sp³-hybridized carbons (Fsp3) is 0.125. The van der Waals surface area contributed by atoms with Crippen LogP contribution in [0.4, 0.5) is 5.69 Å². The van der Waals surface area contributed by atoms with Gasteiger partial charge < -0.3 is 15.5 Å². The van der Waals surface area contributed by atoms with Gasteiger partial charge in [0.25, 0.3) is 0 Å². The predicted octanol–water partition coefficient (Wildman–Crippen LogP) is 1.16. The van der Waals surface area contributed by atoms with Crippen molar-refractivity contribution >= 4 is 16.8 Å². The van der Waals surface area contributed by atoms with Crippen LogP contribution in [0.5, 0.6) is 0 Å². The summed E-state index contributed by atoms with van der Waals surface area (Å²) in [4.78, 5) is 3.99. The number of hydrogen-bond donors (Lipinski definition) is 2. The minimum absolute atomic E-state index is 0.416. The van der Waals surface area contributed by atoms with Gasteiger partial charge in [0.05, 0.1) is 6.67 Å². The molecule has 0 unspecified atom stereocenters. The highest BCUT2D eigenvalue weighted by Crippen LogP contribution is 2.16. The number of aromatic nitrogens is 1. The third kappa shape index (κ3) is 1.12. The summed E-state index contributed by atoms with van der Waals surface area (Å²) >= 11 is 0. The second kappa shape index (κ2) is 2.83. The molecule has 3 N–H and O–H groups in total. The number of oxazole rings is 1. The zero-order chi connectivity index (χ0) is 8.39. The third-order valence-electron chi connectivity index (χ3n) is 1.64. The van der Waals surface area contributed by atoms with Crippen LogP contribution in [0.3, 0.4) is 0 Å². The van der Waals surface area contributed by atoms with E-state index in [1.165, 1.54) is 6.39 Å². The predicted molar refractivity (Wildman–Crippen MR) is 46.7 cm³/mol. The zero-order valence-corrected chi connectivity index (χ0v) is 6.45. The van der Waals surface area contributed by atoms with E-state index in [9.17, 15) is 0 Å². The Hall–Kier alpha value is -1.55. The molecule has 0 fully saturated rings. The number of fused-ring (bicyclic) bond motifs is 1. The van der Waals surface area contributed by atoms with Crippen molar-refractivity contribution in [1.82, 2.24) is 4.98 Å². The maximum atomic E-state index is 5.32. The van der Waals surface area contributed by atoms with Gasteiger partial charge in [0.1, 0.15) is 5.52 Å². The van der Waals surface area contributed by atoms with Gasteiger partial charge in [-0.25, -0.2) is 4.98 Å². The number of hydrogen-bond acceptors (Lipinski definition) is 4. The van der Waals surface area contributed by atoms with Gasteiger partial charge in [-0.3, -0.25) is 0 Å². The van der Waals surface area contributed by atoms with Gasteiger partial charge in [-0.2, -0.15) is 0 Å². The second-order valence-electron chi connectivity index (χ2n) is 2.42. The van der Waals surface area contributed by atoms with Crippen molar-refractivity contribution < 1.29 is 4.42 Å². The first-order valence-corrected chi connectivity index (χ1v) is 3.67. The van der Waals surface area contributed by atoms with Gasteiger partial charge in [0, 0.05) is 11.8 Å². The lowest BCUT2D eigenvalue weighted by Gasteiger charge is -2.00. The molecule has 62 valence electrons. The highest BCUT2D eigenvalue weighted by molar-refractivity contribution is 5.76. The monoisotopic (exact) mass is 163 g/mol. The van der Waals surface area contributed by atoms with Crippen LogP contribution < -0.4 is 11.1 Å². The molecule has 4 heteroatoms. The SMILES string of the molecule is NCNc1ccc2ncoc2c1. The van der Waals surface area contributed by atoms with Crippen LogP contribution in [-0.2, 0) is 0 Å². The van der Waals surface area contributed by atoms with E-state index in [0.717, 1.165) is 16.8 Å². The van der Waals surface area contributed by atoms with Gasteiger partial charge in [0.15, 0.2) is 12.0 Å². The van der Waals surface area contributed by atoms with Gasteiger partial charge in [-0.1, -0.05) is 0 Å². The van der Waals surface area contributed by atoms with E-state index in [1.807, 2.05) is 18.2 Å². The number of anilines is 1. The van der Waals surface area contributed by atoms with Crippen molar-refractivity contribution in [2.45, 2.75) is 0 Å². The molecule has 1 heterocycles. The maximum absolute atomic E-state index is 5.32. The van der Waals surface area contributed by atoms with Gasteiger partial charge in [0.2, 0.25) is 0 Å². The molecule has 0 aliphatic carbocycles. The molecule has 0 amide bonds. The van der Waals surface area contributed by atoms with E-state index in [1.54, 1.807) is 0 Å². The zero-order valence-electron chi connectivity index (χ0n) is 6.45. The first-order valence-electron chi connectivity index (χ1n) is 3.67. The lowest BCUT2D eigenvalue weighted by Crippen LogP contribution is -2.10. The average molecular weight is 163 g/mol. The first kappa shape index (κ1) is 7.12. The van der Waals surface area contributed by atoms with Crippen LogP contribution in [0, 0.1) is 0 Å². The number of nitrogens with one attached hydrogen (secondary N) is 1. The Morgan fingerprint density at radius 1 is 1.50 bits per heavy atom. The molecule has 0 aliphatic rings. The van der Waals surface area contributed by atoms with Gasteiger partial charge in [-0.05, 0) is 12.1 Å². The molecule has 0 saturated heterocycles. The van der Waals surface area contributed by atoms with Crippen LogP contribution in [-0.4, -0.2) is 11.7 Å². The fourth-order valence-corrected chi connectivity index (χ4v) is 1.08. The van der Waals surface area contributed by atoms with Gasteiger partial charge in [-0.15, -0.1) is 0 Å². The summed E-state index contributed by atoms with van der Waals surface area (Å²) < 4.78 is 5.11. The Kier molecular flexibility index (Phi) is 1.68. The molecule has 12 heavy (non-hydrogen) atoms. The largest absolute Gasteiger partial charge is 0.443 e. The van der Waals surface area contributed by atoms with E-state index < -0.39 is 0 Å². The minimum Gasteiger partial charge on any atom is -0.443 e. The maximum Gasteiger partial charge on any atom is 0.181 e. The van der Waals surface area contributed by atoms with Crippen molar-refractivity contribution in [2.24, 2.45) is 5.73 Å². The highest BCUT2D eigenvalue weighted by atomic mass is 16.3. The molecule has 0 saturated carbocycles. The Morgan fingerprint density at radius 3 is 3.25 bits per heavy atom. The summed E-state index contributed by atoms with van der Waals surface area (Å²) in [5, 5.41) is 2.98. The molecule has 2 rings (SSSR count). The van der Waals surface area contributed by atoms with E-state index in [4.69, 9.17) is 10.2 Å². The molecule has 0 radical (unpaired) electrons. The Balaban J connectivity index is 2.46. The number of rotatable bonds is 2. The second-order valence-corrected chi connectivity index (χ2v) is 2.42. The molecular weight excluding hydrogens is 154 g/mol. The molecule has 0 spiro atoms. The van der Waals surface area contributed by atoms with Crippen LogP contribution in [0.2, 0.25) is 0 Å². The van der Waals surface area contributed by atoms with Crippen LogP contribution in [0.25, 0.3) is 11.1 Å². The number of nitrogens with two attached hydrogens (primary N) is 1. The summed E-state index contributed by atoms with van der Waals surface area (Å²) in [6, 6.07) is 5.67. The van der Waals surface area contributed by atoms with E-state index in [2.05, 4.69) is 10.3 Å². The van der Waals surface area contributed by atoms with Crippen molar-refractivity contribution in [3.05, 3.63) is 24.6 Å². The lowest BCUT2D eigenvalue weighted by molar-refractivity contribution is 0.602. The summed E-state index contributed by atoms with van der Waals surface area (Å²) in [6.07, 6.45) is 1.43. The van der Waals surface area contributed by atoms with Crippen molar-refractivity contribution in [3.8, 4) is 0 Å². The quantitative estimate of drug-likeness (QED) is 0.652. The molecule has 0 bridgehead atoms.